The van der Waals surface area contributed by atoms with Crippen molar-refractivity contribution in [1.29, 1.82) is 5.26 Å². The van der Waals surface area contributed by atoms with Crippen LogP contribution in [0.25, 0.3) is 0 Å². The van der Waals surface area contributed by atoms with E-state index in [0.29, 0.717) is 24.4 Å². The highest BCUT2D eigenvalue weighted by molar-refractivity contribution is 8.22. The van der Waals surface area contributed by atoms with Gasteiger partial charge in [0.2, 0.25) is 0 Å². The average molecular weight is 371 g/mol. The molecule has 1 amide bonds. The summed E-state index contributed by atoms with van der Waals surface area (Å²) in [5.74, 6) is 1.09. The molecule has 0 aliphatic carbocycles. The van der Waals surface area contributed by atoms with Gasteiger partial charge in [-0.15, -0.1) is 0 Å². The fourth-order valence-electron chi connectivity index (χ4n) is 2.56. The molecule has 0 atom stereocenters. The highest BCUT2D eigenvalue weighted by atomic mass is 32.2. The van der Waals surface area contributed by atoms with E-state index in [0.717, 1.165) is 28.7 Å². The van der Waals surface area contributed by atoms with Crippen molar-refractivity contribution in [3.05, 3.63) is 59.5 Å². The van der Waals surface area contributed by atoms with Crippen molar-refractivity contribution in [1.82, 2.24) is 9.80 Å². The highest BCUT2D eigenvalue weighted by Crippen LogP contribution is 2.19. The van der Waals surface area contributed by atoms with E-state index in [9.17, 15) is 4.79 Å². The molecule has 1 aliphatic rings. The Labute approximate surface area is 156 Å². The minimum atomic E-state index is -0.0687. The van der Waals surface area contributed by atoms with Crippen LogP contribution in [0, 0.1) is 11.3 Å². The van der Waals surface area contributed by atoms with E-state index >= 15 is 0 Å². The Kier molecular flexibility index (Phi) is 5.74. The maximum Gasteiger partial charge on any atom is 0.289 e. The summed E-state index contributed by atoms with van der Waals surface area (Å²) >= 11 is 7.13. The number of thioether (sulfide) groups is 1. The van der Waals surface area contributed by atoms with E-state index in [1.54, 1.807) is 28.8 Å². The number of amides is 1. The third-order valence-corrected chi connectivity index (χ3v) is 5.60. The number of thiocarbonyl (C=S) groups is 1. The molecule has 128 valence electrons. The lowest BCUT2D eigenvalue weighted by Gasteiger charge is -2.35. The second-order valence-electron chi connectivity index (χ2n) is 5.62. The zero-order valence-electron chi connectivity index (χ0n) is 13.6. The number of carbonyl (C=O) groups excluding carboxylic acids is 1. The fraction of sp³-hybridized carbons (Fsp3) is 0.278. The number of benzene rings is 1. The molecule has 1 aliphatic heterocycles. The number of carbonyl (C=O) groups is 1. The van der Waals surface area contributed by atoms with Crippen molar-refractivity contribution in [2.75, 3.05) is 26.2 Å². The molecule has 2 aromatic rings. The van der Waals surface area contributed by atoms with Gasteiger partial charge in [-0.25, -0.2) is 0 Å². The van der Waals surface area contributed by atoms with Crippen LogP contribution in [0.1, 0.15) is 21.7 Å². The SMILES string of the molecule is N#Cc1ccc(CSC(=S)N2CCN(C(=O)c3ccco3)CC2)cc1. The molecular formula is C18H17N3O2S2. The standard InChI is InChI=1S/C18H17N3O2S2/c19-12-14-3-5-15(6-4-14)13-25-18(24)21-9-7-20(8-10-21)17(22)16-2-1-11-23-16/h1-6,11H,7-10,13H2. The third-order valence-electron chi connectivity index (χ3n) is 4.00. The summed E-state index contributed by atoms with van der Waals surface area (Å²) in [7, 11) is 0. The summed E-state index contributed by atoms with van der Waals surface area (Å²) in [5, 5.41) is 8.82. The minimum absolute atomic E-state index is 0.0687. The second kappa shape index (κ2) is 8.19. The van der Waals surface area contributed by atoms with Gasteiger partial charge >= 0.3 is 0 Å². The third kappa shape index (κ3) is 4.41. The van der Waals surface area contributed by atoms with Crippen molar-refractivity contribution in [3.63, 3.8) is 0 Å². The molecule has 0 N–H and O–H groups in total. The Morgan fingerprint density at radius 3 is 2.44 bits per heavy atom. The van der Waals surface area contributed by atoms with E-state index in [1.807, 2.05) is 24.3 Å². The Bertz CT molecular complexity index is 774. The Morgan fingerprint density at radius 2 is 1.84 bits per heavy atom. The van der Waals surface area contributed by atoms with Crippen molar-refractivity contribution in [2.45, 2.75) is 5.75 Å². The van der Waals surface area contributed by atoms with Gasteiger partial charge in [0, 0.05) is 31.9 Å². The van der Waals surface area contributed by atoms with Crippen LogP contribution in [0.3, 0.4) is 0 Å². The van der Waals surface area contributed by atoms with Crippen LogP contribution in [0.2, 0.25) is 0 Å². The lowest BCUT2D eigenvalue weighted by molar-refractivity contribution is 0.0663. The first-order valence-corrected chi connectivity index (χ1v) is 9.30. The van der Waals surface area contributed by atoms with Crippen LogP contribution < -0.4 is 0 Å². The lowest BCUT2D eigenvalue weighted by Crippen LogP contribution is -2.49. The largest absolute Gasteiger partial charge is 0.459 e. The van der Waals surface area contributed by atoms with Crippen LogP contribution in [0.15, 0.2) is 47.1 Å². The van der Waals surface area contributed by atoms with E-state index < -0.39 is 0 Å². The molecule has 0 radical (unpaired) electrons. The summed E-state index contributed by atoms with van der Waals surface area (Å²) < 4.78 is 6.01. The second-order valence-corrected chi connectivity index (χ2v) is 7.23. The molecule has 3 rings (SSSR count). The molecule has 5 nitrogen and oxygen atoms in total. The van der Waals surface area contributed by atoms with Crippen LogP contribution in [0.4, 0.5) is 0 Å². The molecule has 25 heavy (non-hydrogen) atoms. The maximum absolute atomic E-state index is 12.3. The quantitative estimate of drug-likeness (QED) is 0.773. The zero-order chi connectivity index (χ0) is 17.6. The zero-order valence-corrected chi connectivity index (χ0v) is 15.2. The monoisotopic (exact) mass is 371 g/mol. The minimum Gasteiger partial charge on any atom is -0.459 e. The molecule has 0 saturated carbocycles. The van der Waals surface area contributed by atoms with Crippen LogP contribution in [-0.4, -0.2) is 46.2 Å². The normalized spacial score (nSPS) is 14.2. The van der Waals surface area contributed by atoms with Gasteiger partial charge in [0.05, 0.1) is 17.9 Å². The van der Waals surface area contributed by atoms with Gasteiger partial charge in [-0.2, -0.15) is 5.26 Å². The Balaban J connectivity index is 1.46. The first-order chi connectivity index (χ1) is 12.2. The van der Waals surface area contributed by atoms with Gasteiger partial charge in [-0.1, -0.05) is 36.1 Å². The number of furan rings is 1. The highest BCUT2D eigenvalue weighted by Gasteiger charge is 2.24. The Morgan fingerprint density at radius 1 is 1.16 bits per heavy atom. The summed E-state index contributed by atoms with van der Waals surface area (Å²) in [5.41, 5.74) is 1.80. The maximum atomic E-state index is 12.3. The molecule has 7 heteroatoms. The summed E-state index contributed by atoms with van der Waals surface area (Å²) in [6, 6.07) is 13.1. The van der Waals surface area contributed by atoms with Gasteiger partial charge in [-0.3, -0.25) is 4.79 Å². The van der Waals surface area contributed by atoms with Gasteiger partial charge in [0.25, 0.3) is 5.91 Å². The number of rotatable bonds is 3. The number of hydrogen-bond donors (Lipinski definition) is 0. The van der Waals surface area contributed by atoms with Crippen LogP contribution in [-0.2, 0) is 5.75 Å². The first kappa shape index (κ1) is 17.5. The van der Waals surface area contributed by atoms with Crippen LogP contribution in [0.5, 0.6) is 0 Å². The molecule has 1 fully saturated rings. The predicted molar refractivity (Wildman–Crippen MR) is 101 cm³/mol. The number of nitriles is 1. The first-order valence-electron chi connectivity index (χ1n) is 7.91. The molecule has 0 spiro atoms. The Hall–Kier alpha value is -2.30. The summed E-state index contributed by atoms with van der Waals surface area (Å²) in [4.78, 5) is 16.2. The smallest absolute Gasteiger partial charge is 0.289 e. The number of nitrogens with zero attached hydrogens (tertiary/aromatic N) is 3. The van der Waals surface area contributed by atoms with E-state index in [-0.39, 0.29) is 5.91 Å². The van der Waals surface area contributed by atoms with Crippen molar-refractivity contribution < 1.29 is 9.21 Å². The average Bonchev–Trinajstić information content (AvgIpc) is 3.21. The van der Waals surface area contributed by atoms with E-state index in [2.05, 4.69) is 11.0 Å². The van der Waals surface area contributed by atoms with E-state index in [4.69, 9.17) is 21.9 Å². The van der Waals surface area contributed by atoms with Crippen molar-refractivity contribution in [3.8, 4) is 6.07 Å². The summed E-state index contributed by atoms with van der Waals surface area (Å²) in [6.45, 7) is 2.73. The topological polar surface area (TPSA) is 60.5 Å². The van der Waals surface area contributed by atoms with E-state index in [1.165, 1.54) is 6.26 Å². The molecule has 1 aromatic heterocycles. The van der Waals surface area contributed by atoms with Crippen molar-refractivity contribution in [2.24, 2.45) is 0 Å². The van der Waals surface area contributed by atoms with Gasteiger partial charge in [-0.05, 0) is 29.8 Å². The molecule has 2 heterocycles. The van der Waals surface area contributed by atoms with Gasteiger partial charge in [0.15, 0.2) is 5.76 Å². The number of piperazine rings is 1. The van der Waals surface area contributed by atoms with Crippen LogP contribution >= 0.6 is 24.0 Å². The number of hydrogen-bond acceptors (Lipinski definition) is 5. The molecule has 1 saturated heterocycles. The predicted octanol–water partition coefficient (Wildman–Crippen LogP) is 3.13. The van der Waals surface area contributed by atoms with Crippen molar-refractivity contribution >= 4 is 34.2 Å². The fourth-order valence-corrected chi connectivity index (χ4v) is 3.77. The molecule has 1 aromatic carbocycles. The van der Waals surface area contributed by atoms with Gasteiger partial charge < -0.3 is 14.2 Å². The molecule has 0 bridgehead atoms. The lowest BCUT2D eigenvalue weighted by atomic mass is 10.2. The van der Waals surface area contributed by atoms with Gasteiger partial charge in [0.1, 0.15) is 4.32 Å². The molecular weight excluding hydrogens is 354 g/mol. The molecule has 0 unspecified atom stereocenters. The summed E-state index contributed by atoms with van der Waals surface area (Å²) in [6.07, 6.45) is 1.51.